The molecule has 0 radical (unpaired) electrons. The van der Waals surface area contributed by atoms with Gasteiger partial charge in [-0.05, 0) is 44.6 Å². The molecule has 0 saturated heterocycles. The summed E-state index contributed by atoms with van der Waals surface area (Å²) in [5, 5.41) is 5.34. The van der Waals surface area contributed by atoms with Crippen LogP contribution in [0.4, 0.5) is 0 Å². The van der Waals surface area contributed by atoms with Gasteiger partial charge in [-0.1, -0.05) is 6.07 Å². The lowest BCUT2D eigenvalue weighted by molar-refractivity contribution is 0.259. The summed E-state index contributed by atoms with van der Waals surface area (Å²) in [6.45, 7) is 4.26. The van der Waals surface area contributed by atoms with Crippen LogP contribution < -0.4 is 5.32 Å². The molecule has 0 aromatic carbocycles. The quantitative estimate of drug-likeness (QED) is 0.867. The second-order valence-electron chi connectivity index (χ2n) is 4.50. The van der Waals surface area contributed by atoms with E-state index in [9.17, 15) is 0 Å². The summed E-state index contributed by atoms with van der Waals surface area (Å²) >= 11 is 3.73. The van der Waals surface area contributed by atoms with E-state index in [-0.39, 0.29) is 0 Å². The molecule has 2 aromatic rings. The number of rotatable bonds is 6. The van der Waals surface area contributed by atoms with Crippen LogP contribution in [-0.2, 0) is 13.1 Å². The normalized spacial score (nSPS) is 13.1. The Hall–Kier alpha value is -0.680. The van der Waals surface area contributed by atoms with Gasteiger partial charge in [-0.3, -0.25) is 4.90 Å². The number of thiophene rings is 2. The minimum absolute atomic E-state index is 0.486. The third-order valence-electron chi connectivity index (χ3n) is 3.09. The molecular weight excluding hydrogens is 260 g/mol. The monoisotopic (exact) mass is 280 g/mol. The van der Waals surface area contributed by atoms with Crippen LogP contribution in [0.5, 0.6) is 0 Å². The summed E-state index contributed by atoms with van der Waals surface area (Å²) in [6.07, 6.45) is 0. The van der Waals surface area contributed by atoms with Gasteiger partial charge in [0.25, 0.3) is 0 Å². The second-order valence-corrected chi connectivity index (χ2v) is 6.74. The molecule has 1 N–H and O–H groups in total. The first-order valence-corrected chi connectivity index (χ1v) is 7.86. The van der Waals surface area contributed by atoms with Crippen molar-refractivity contribution in [3.63, 3.8) is 0 Å². The zero-order valence-electron chi connectivity index (χ0n) is 11.1. The van der Waals surface area contributed by atoms with Gasteiger partial charge < -0.3 is 5.32 Å². The summed E-state index contributed by atoms with van der Waals surface area (Å²) in [7, 11) is 4.19. The fraction of sp³-hybridized carbons (Fsp3) is 0.429. The maximum Gasteiger partial charge on any atom is 0.0414 e. The van der Waals surface area contributed by atoms with Crippen molar-refractivity contribution in [1.29, 1.82) is 0 Å². The summed E-state index contributed by atoms with van der Waals surface area (Å²) in [5.74, 6) is 0. The Bertz CT molecular complexity index is 462. The van der Waals surface area contributed by atoms with Crippen LogP contribution in [-0.4, -0.2) is 19.0 Å². The molecule has 1 atom stereocenters. The number of hydrogen-bond donors (Lipinski definition) is 1. The van der Waals surface area contributed by atoms with Gasteiger partial charge in [0.2, 0.25) is 0 Å². The molecule has 98 valence electrons. The Balaban J connectivity index is 1.95. The summed E-state index contributed by atoms with van der Waals surface area (Å²) in [6, 6.07) is 9.29. The Labute approximate surface area is 117 Å². The predicted octanol–water partition coefficient (Wildman–Crippen LogP) is 3.72. The molecule has 0 aliphatic rings. The second kappa shape index (κ2) is 6.48. The molecule has 1 unspecified atom stereocenters. The van der Waals surface area contributed by atoms with Gasteiger partial charge in [0.1, 0.15) is 0 Å². The molecule has 4 heteroatoms. The molecule has 0 fully saturated rings. The fourth-order valence-corrected chi connectivity index (χ4v) is 3.85. The highest BCUT2D eigenvalue weighted by Crippen LogP contribution is 2.26. The zero-order chi connectivity index (χ0) is 13.0. The van der Waals surface area contributed by atoms with Crippen molar-refractivity contribution < 1.29 is 0 Å². The van der Waals surface area contributed by atoms with Gasteiger partial charge in [0.05, 0.1) is 0 Å². The molecule has 18 heavy (non-hydrogen) atoms. The molecule has 0 spiro atoms. The van der Waals surface area contributed by atoms with Crippen LogP contribution in [0.15, 0.2) is 29.6 Å². The van der Waals surface area contributed by atoms with Crippen molar-refractivity contribution >= 4 is 22.7 Å². The fourth-order valence-electron chi connectivity index (χ4n) is 1.91. The van der Waals surface area contributed by atoms with Crippen molar-refractivity contribution in [1.82, 2.24) is 10.2 Å². The lowest BCUT2D eigenvalue weighted by Crippen LogP contribution is -2.20. The topological polar surface area (TPSA) is 15.3 Å². The van der Waals surface area contributed by atoms with E-state index in [1.807, 2.05) is 29.7 Å². The summed E-state index contributed by atoms with van der Waals surface area (Å²) in [5.41, 5.74) is 0. The van der Waals surface area contributed by atoms with Crippen LogP contribution in [0.1, 0.15) is 27.6 Å². The van der Waals surface area contributed by atoms with Gasteiger partial charge in [-0.2, -0.15) is 0 Å². The maximum atomic E-state index is 3.19. The molecule has 0 bridgehead atoms. The van der Waals surface area contributed by atoms with Crippen molar-refractivity contribution in [3.05, 3.63) is 44.3 Å². The minimum atomic E-state index is 0.486. The SMILES string of the molecule is CNCc1ccc(CN(C)C(C)c2cccs2)s1. The number of nitrogens with one attached hydrogen (secondary N) is 1. The molecule has 2 rings (SSSR count). The Morgan fingerprint density at radius 2 is 2.06 bits per heavy atom. The van der Waals surface area contributed by atoms with E-state index in [1.54, 1.807) is 0 Å². The first-order chi connectivity index (χ1) is 8.70. The Kier molecular flexibility index (Phi) is 4.95. The molecule has 0 aliphatic carbocycles. The van der Waals surface area contributed by atoms with E-state index in [2.05, 4.69) is 53.8 Å². The van der Waals surface area contributed by atoms with E-state index >= 15 is 0 Å². The molecule has 2 aromatic heterocycles. The number of hydrogen-bond acceptors (Lipinski definition) is 4. The molecule has 2 heterocycles. The van der Waals surface area contributed by atoms with Gasteiger partial charge in [-0.25, -0.2) is 0 Å². The standard InChI is InChI=1S/C14H20N2S2/c1-11(14-5-4-8-17-14)16(3)10-13-7-6-12(18-13)9-15-2/h4-8,11,15H,9-10H2,1-3H3. The number of nitrogens with zero attached hydrogens (tertiary/aromatic N) is 1. The summed E-state index contributed by atoms with van der Waals surface area (Å²) in [4.78, 5) is 6.68. The van der Waals surface area contributed by atoms with Gasteiger partial charge in [0, 0.05) is 33.8 Å². The first-order valence-electron chi connectivity index (χ1n) is 6.16. The van der Waals surface area contributed by atoms with Crippen molar-refractivity contribution in [2.45, 2.75) is 26.1 Å². The van der Waals surface area contributed by atoms with Gasteiger partial charge >= 0.3 is 0 Å². The van der Waals surface area contributed by atoms with Crippen LogP contribution in [0, 0.1) is 0 Å². The van der Waals surface area contributed by atoms with Gasteiger partial charge in [0.15, 0.2) is 0 Å². The average Bonchev–Trinajstić information content (AvgIpc) is 3.00. The van der Waals surface area contributed by atoms with E-state index in [4.69, 9.17) is 0 Å². The van der Waals surface area contributed by atoms with Crippen LogP contribution >= 0.6 is 22.7 Å². The van der Waals surface area contributed by atoms with Crippen molar-refractivity contribution in [2.24, 2.45) is 0 Å². The minimum Gasteiger partial charge on any atom is -0.315 e. The molecule has 0 aliphatic heterocycles. The highest BCUT2D eigenvalue weighted by Gasteiger charge is 2.13. The first kappa shape index (κ1) is 13.7. The summed E-state index contributed by atoms with van der Waals surface area (Å²) < 4.78 is 0. The Morgan fingerprint density at radius 3 is 2.72 bits per heavy atom. The maximum absolute atomic E-state index is 3.19. The van der Waals surface area contributed by atoms with Gasteiger partial charge in [-0.15, -0.1) is 22.7 Å². The lowest BCUT2D eigenvalue weighted by atomic mass is 10.2. The largest absolute Gasteiger partial charge is 0.315 e. The zero-order valence-corrected chi connectivity index (χ0v) is 12.8. The third-order valence-corrected chi connectivity index (χ3v) is 5.20. The van der Waals surface area contributed by atoms with E-state index in [0.29, 0.717) is 6.04 Å². The molecule has 0 amide bonds. The highest BCUT2D eigenvalue weighted by molar-refractivity contribution is 7.12. The van der Waals surface area contributed by atoms with E-state index in [1.165, 1.54) is 14.6 Å². The predicted molar refractivity (Wildman–Crippen MR) is 81.3 cm³/mol. The molecular formula is C14H20N2S2. The third kappa shape index (κ3) is 3.42. The van der Waals surface area contributed by atoms with E-state index in [0.717, 1.165) is 13.1 Å². The van der Waals surface area contributed by atoms with Crippen molar-refractivity contribution in [3.8, 4) is 0 Å². The molecule has 2 nitrogen and oxygen atoms in total. The Morgan fingerprint density at radius 1 is 1.28 bits per heavy atom. The molecule has 0 saturated carbocycles. The van der Waals surface area contributed by atoms with Crippen LogP contribution in [0.2, 0.25) is 0 Å². The average molecular weight is 280 g/mol. The van der Waals surface area contributed by atoms with Crippen LogP contribution in [0.25, 0.3) is 0 Å². The van der Waals surface area contributed by atoms with E-state index < -0.39 is 0 Å². The highest BCUT2D eigenvalue weighted by atomic mass is 32.1. The smallest absolute Gasteiger partial charge is 0.0414 e. The van der Waals surface area contributed by atoms with Crippen LogP contribution in [0.3, 0.4) is 0 Å². The van der Waals surface area contributed by atoms with Crippen molar-refractivity contribution in [2.75, 3.05) is 14.1 Å². The lowest BCUT2D eigenvalue weighted by Gasteiger charge is -2.23.